The second-order valence-corrected chi connectivity index (χ2v) is 14.0. The van der Waals surface area contributed by atoms with Crippen LogP contribution in [0.1, 0.15) is 36.1 Å². The third kappa shape index (κ3) is 6.35. The molecule has 1 atom stereocenters. The molecule has 1 amide bonds. The number of benzene rings is 3. The highest BCUT2D eigenvalue weighted by Crippen LogP contribution is 2.46. The predicted octanol–water partition coefficient (Wildman–Crippen LogP) is 5.61. The van der Waals surface area contributed by atoms with Gasteiger partial charge >= 0.3 is 12.1 Å². The molecule has 1 aliphatic carbocycles. The van der Waals surface area contributed by atoms with Crippen molar-refractivity contribution in [2.75, 3.05) is 63.2 Å². The van der Waals surface area contributed by atoms with Gasteiger partial charge in [0.2, 0.25) is 0 Å². The zero-order valence-electron chi connectivity index (χ0n) is 27.8. The van der Waals surface area contributed by atoms with Crippen LogP contribution in [0, 0.1) is 16.7 Å². The molecule has 48 heavy (non-hydrogen) atoms. The highest BCUT2D eigenvalue weighted by molar-refractivity contribution is 5.94. The van der Waals surface area contributed by atoms with Gasteiger partial charge < -0.3 is 24.5 Å². The molecule has 3 heterocycles. The number of nitriles is 1. The lowest BCUT2D eigenvalue weighted by Crippen LogP contribution is -2.65. The number of hydrogen-bond acceptors (Lipinski definition) is 8. The Hall–Kier alpha value is -4.88. The molecule has 2 aliphatic heterocycles. The zero-order valence-corrected chi connectivity index (χ0v) is 27.8. The highest BCUT2D eigenvalue weighted by Gasteiger charge is 2.46. The number of nitrogens with zero attached hydrogens (tertiary/aromatic N) is 7. The Kier molecular flexibility index (Phi) is 8.56. The van der Waals surface area contributed by atoms with Gasteiger partial charge in [-0.2, -0.15) is 15.2 Å². The Balaban J connectivity index is 1.26. The smallest absolute Gasteiger partial charge is 0.407 e. The quantitative estimate of drug-likeness (QED) is 0.236. The Bertz CT molecular complexity index is 1830. The van der Waals surface area contributed by atoms with Crippen LogP contribution in [0.25, 0.3) is 10.8 Å². The number of ether oxygens (including phenoxy) is 1. The molecule has 248 valence electrons. The van der Waals surface area contributed by atoms with Gasteiger partial charge in [-0.1, -0.05) is 66.7 Å². The van der Waals surface area contributed by atoms with Crippen molar-refractivity contribution in [2.45, 2.75) is 44.2 Å². The van der Waals surface area contributed by atoms with E-state index in [1.54, 1.807) is 0 Å². The van der Waals surface area contributed by atoms with Crippen molar-refractivity contribution in [3.05, 3.63) is 89.6 Å². The largest absolute Gasteiger partial charge is 0.465 e. The van der Waals surface area contributed by atoms with Crippen molar-refractivity contribution in [1.29, 1.82) is 5.26 Å². The Labute approximate surface area is 282 Å². The Morgan fingerprint density at radius 3 is 2.50 bits per heavy atom. The van der Waals surface area contributed by atoms with E-state index in [4.69, 9.17) is 14.7 Å². The van der Waals surface area contributed by atoms with E-state index in [0.717, 1.165) is 55.0 Å². The number of aromatic nitrogens is 2. The van der Waals surface area contributed by atoms with Gasteiger partial charge in [-0.15, -0.1) is 0 Å². The first-order valence-corrected chi connectivity index (χ1v) is 16.8. The molecule has 1 aromatic heterocycles. The molecule has 10 heteroatoms. The van der Waals surface area contributed by atoms with E-state index in [2.05, 4.69) is 77.3 Å². The zero-order chi connectivity index (χ0) is 33.3. The summed E-state index contributed by atoms with van der Waals surface area (Å²) in [5.41, 5.74) is 3.35. The molecule has 3 aliphatic rings. The van der Waals surface area contributed by atoms with Crippen molar-refractivity contribution in [2.24, 2.45) is 5.41 Å². The summed E-state index contributed by atoms with van der Waals surface area (Å²) in [4.78, 5) is 31.0. The maximum Gasteiger partial charge on any atom is 0.407 e. The van der Waals surface area contributed by atoms with Crippen LogP contribution in [0.2, 0.25) is 0 Å². The van der Waals surface area contributed by atoms with Gasteiger partial charge in [-0.3, -0.25) is 4.90 Å². The molecule has 0 bridgehead atoms. The van der Waals surface area contributed by atoms with E-state index in [9.17, 15) is 15.2 Å². The van der Waals surface area contributed by atoms with Crippen molar-refractivity contribution in [3.8, 4) is 12.1 Å². The fourth-order valence-corrected chi connectivity index (χ4v) is 7.76. The first kappa shape index (κ1) is 31.7. The summed E-state index contributed by atoms with van der Waals surface area (Å²) in [6.45, 7) is 4.00. The summed E-state index contributed by atoms with van der Waals surface area (Å²) >= 11 is 0. The topological polar surface area (TPSA) is 109 Å². The number of fused-ring (bicyclic) bond motifs is 2. The van der Waals surface area contributed by atoms with Crippen LogP contribution in [0.3, 0.4) is 0 Å². The molecule has 0 radical (unpaired) electrons. The number of hydrogen-bond donors (Lipinski definition) is 1. The molecule has 1 N–H and O–H groups in total. The molecule has 1 saturated heterocycles. The molecular formula is C38H43N7O3. The minimum absolute atomic E-state index is 0.0727. The van der Waals surface area contributed by atoms with E-state index in [-0.39, 0.29) is 18.4 Å². The molecule has 4 aromatic rings. The lowest BCUT2D eigenvalue weighted by atomic mass is 9.83. The summed E-state index contributed by atoms with van der Waals surface area (Å²) in [6.07, 6.45) is 2.47. The molecular weight excluding hydrogens is 602 g/mol. The van der Waals surface area contributed by atoms with Crippen LogP contribution < -0.4 is 14.5 Å². The maximum absolute atomic E-state index is 12.6. The fraction of sp³-hybridized carbons (Fsp3) is 0.421. The van der Waals surface area contributed by atoms with Crippen LogP contribution in [0.15, 0.2) is 72.8 Å². The summed E-state index contributed by atoms with van der Waals surface area (Å²) in [6, 6.07) is 27.4. The number of anilines is 2. The number of rotatable bonds is 10. The van der Waals surface area contributed by atoms with Crippen LogP contribution in [-0.4, -0.2) is 89.9 Å². The lowest BCUT2D eigenvalue weighted by molar-refractivity contribution is 0.0668. The third-order valence-corrected chi connectivity index (χ3v) is 10.2. The summed E-state index contributed by atoms with van der Waals surface area (Å²) in [5, 5.41) is 22.8. The molecule has 3 aromatic carbocycles. The SMILES string of the molecule is CN(C)CC1(COc2nc3c(c(N4CCN(C(=O)O)[C@](CC#N)(Cc5ccccc5)C4)n2)CCN(c2cccc4ccccc24)C3)CC1. The van der Waals surface area contributed by atoms with E-state index in [1.807, 2.05) is 30.3 Å². The monoisotopic (exact) mass is 645 g/mol. The van der Waals surface area contributed by atoms with Gasteiger partial charge in [-0.05, 0) is 56.8 Å². The number of piperazine rings is 1. The van der Waals surface area contributed by atoms with E-state index >= 15 is 0 Å². The van der Waals surface area contributed by atoms with Crippen LogP contribution in [-0.2, 0) is 19.4 Å². The van der Waals surface area contributed by atoms with Gasteiger partial charge in [-0.25, -0.2) is 4.79 Å². The van der Waals surface area contributed by atoms with Crippen molar-refractivity contribution in [1.82, 2.24) is 19.8 Å². The number of carboxylic acid groups (broad SMARTS) is 1. The maximum atomic E-state index is 12.6. The molecule has 10 nitrogen and oxygen atoms in total. The second kappa shape index (κ2) is 13.0. The second-order valence-electron chi connectivity index (χ2n) is 14.0. The van der Waals surface area contributed by atoms with E-state index in [1.165, 1.54) is 21.4 Å². The Morgan fingerprint density at radius 2 is 1.75 bits per heavy atom. The van der Waals surface area contributed by atoms with Gasteiger partial charge in [0.1, 0.15) is 5.82 Å². The molecule has 0 spiro atoms. The first-order chi connectivity index (χ1) is 23.3. The Morgan fingerprint density at radius 1 is 0.979 bits per heavy atom. The normalized spacial score (nSPS) is 20.0. The van der Waals surface area contributed by atoms with Gasteiger partial charge in [0.05, 0.1) is 36.9 Å². The van der Waals surface area contributed by atoms with Crippen LogP contribution in [0.4, 0.5) is 16.3 Å². The summed E-state index contributed by atoms with van der Waals surface area (Å²) in [7, 11) is 4.18. The molecule has 1 saturated carbocycles. The average molecular weight is 646 g/mol. The fourth-order valence-electron chi connectivity index (χ4n) is 7.76. The minimum atomic E-state index is -1.00. The molecule has 7 rings (SSSR count). The van der Waals surface area contributed by atoms with Crippen molar-refractivity contribution in [3.63, 3.8) is 0 Å². The summed E-state index contributed by atoms with van der Waals surface area (Å²) in [5.74, 6) is 0.797. The summed E-state index contributed by atoms with van der Waals surface area (Å²) < 4.78 is 6.45. The molecule has 0 unspecified atom stereocenters. The van der Waals surface area contributed by atoms with Crippen molar-refractivity contribution < 1.29 is 14.6 Å². The minimum Gasteiger partial charge on any atom is -0.465 e. The van der Waals surface area contributed by atoms with E-state index in [0.29, 0.717) is 38.7 Å². The van der Waals surface area contributed by atoms with Gasteiger partial charge in [0.25, 0.3) is 0 Å². The molecule has 2 fully saturated rings. The third-order valence-electron chi connectivity index (χ3n) is 10.2. The standard InChI is InChI=1S/C38H43N7O3/c1-42(2)25-37(16-17-37)27-48-35-40-32-24-43(33-14-8-12-29-11-6-7-13-30(29)33)20-15-31(32)34(41-35)44-21-22-45(36(46)47)38(26-44,18-19-39)23-28-9-4-3-5-10-28/h3-14H,15-18,20-27H2,1-2H3,(H,46,47)/t38-/m1/s1. The van der Waals surface area contributed by atoms with Crippen LogP contribution >= 0.6 is 0 Å². The highest BCUT2D eigenvalue weighted by atomic mass is 16.5. The van der Waals surface area contributed by atoms with Crippen molar-refractivity contribution >= 4 is 28.4 Å². The number of amides is 1. The van der Waals surface area contributed by atoms with Gasteiger partial charge in [0.15, 0.2) is 0 Å². The average Bonchev–Trinajstić information content (AvgIpc) is 3.85. The van der Waals surface area contributed by atoms with Gasteiger partial charge in [0, 0.05) is 54.8 Å². The number of carbonyl (C=O) groups is 1. The van der Waals surface area contributed by atoms with Crippen LogP contribution in [0.5, 0.6) is 6.01 Å². The predicted molar refractivity (Wildman–Crippen MR) is 187 cm³/mol. The van der Waals surface area contributed by atoms with E-state index < -0.39 is 11.6 Å². The lowest BCUT2D eigenvalue weighted by Gasteiger charge is -2.49. The first-order valence-electron chi connectivity index (χ1n) is 16.8.